The molecule has 0 bridgehead atoms. The lowest BCUT2D eigenvalue weighted by molar-refractivity contribution is 0.413. The molecular formula is C16H17N3O. The first-order valence-electron chi connectivity index (χ1n) is 6.74. The molecule has 102 valence electrons. The molecule has 2 unspecified atom stereocenters. The molecule has 3 aromatic rings. The van der Waals surface area contributed by atoms with Crippen LogP contribution in [0.4, 0.5) is 0 Å². The molecule has 0 amide bonds. The van der Waals surface area contributed by atoms with Crippen LogP contribution in [0.1, 0.15) is 37.4 Å². The number of benzene rings is 1. The number of furan rings is 1. The first-order chi connectivity index (χ1) is 9.74. The van der Waals surface area contributed by atoms with E-state index in [9.17, 15) is 0 Å². The molecule has 0 radical (unpaired) electrons. The van der Waals surface area contributed by atoms with E-state index in [-0.39, 0.29) is 12.1 Å². The van der Waals surface area contributed by atoms with Crippen molar-refractivity contribution in [2.75, 3.05) is 0 Å². The fraction of sp³-hybridized carbons (Fsp3) is 0.250. The van der Waals surface area contributed by atoms with Crippen molar-refractivity contribution in [1.82, 2.24) is 15.3 Å². The van der Waals surface area contributed by atoms with Gasteiger partial charge >= 0.3 is 0 Å². The van der Waals surface area contributed by atoms with Crippen LogP contribution in [0.2, 0.25) is 0 Å². The lowest BCUT2D eigenvalue weighted by Crippen LogP contribution is -2.22. The van der Waals surface area contributed by atoms with Crippen molar-refractivity contribution in [3.05, 3.63) is 60.4 Å². The van der Waals surface area contributed by atoms with Crippen LogP contribution in [0, 0.1) is 0 Å². The lowest BCUT2D eigenvalue weighted by Gasteiger charge is -2.17. The van der Waals surface area contributed by atoms with Gasteiger partial charge in [0.15, 0.2) is 0 Å². The summed E-state index contributed by atoms with van der Waals surface area (Å²) in [4.78, 5) is 8.41. The van der Waals surface area contributed by atoms with Crippen LogP contribution in [-0.2, 0) is 0 Å². The zero-order valence-electron chi connectivity index (χ0n) is 11.6. The number of hydrogen-bond donors (Lipinski definition) is 1. The second-order valence-corrected chi connectivity index (χ2v) is 4.93. The summed E-state index contributed by atoms with van der Waals surface area (Å²) < 4.78 is 5.87. The number of aromatic nitrogens is 2. The SMILES string of the molecule is CC(NC(C)c1cc2ccccc2o1)c1cnccn1. The fourth-order valence-corrected chi connectivity index (χ4v) is 2.29. The zero-order chi connectivity index (χ0) is 13.9. The largest absolute Gasteiger partial charge is 0.459 e. The molecule has 2 aromatic heterocycles. The number of fused-ring (bicyclic) bond motifs is 1. The molecule has 0 aliphatic carbocycles. The Bertz CT molecular complexity index is 660. The molecule has 0 fully saturated rings. The topological polar surface area (TPSA) is 51.0 Å². The molecule has 2 atom stereocenters. The van der Waals surface area contributed by atoms with E-state index in [4.69, 9.17) is 4.42 Å². The first-order valence-corrected chi connectivity index (χ1v) is 6.74. The second kappa shape index (κ2) is 5.43. The van der Waals surface area contributed by atoms with Gasteiger partial charge in [-0.2, -0.15) is 0 Å². The van der Waals surface area contributed by atoms with Crippen molar-refractivity contribution in [1.29, 1.82) is 0 Å². The van der Waals surface area contributed by atoms with Crippen molar-refractivity contribution in [2.45, 2.75) is 25.9 Å². The fourth-order valence-electron chi connectivity index (χ4n) is 2.29. The van der Waals surface area contributed by atoms with Crippen LogP contribution < -0.4 is 5.32 Å². The summed E-state index contributed by atoms with van der Waals surface area (Å²) in [7, 11) is 0. The Hall–Kier alpha value is -2.20. The summed E-state index contributed by atoms with van der Waals surface area (Å²) in [5.41, 5.74) is 1.85. The minimum absolute atomic E-state index is 0.111. The predicted molar refractivity (Wildman–Crippen MR) is 78.2 cm³/mol. The Labute approximate surface area is 117 Å². The molecule has 0 aliphatic rings. The van der Waals surface area contributed by atoms with Gasteiger partial charge in [-0.1, -0.05) is 18.2 Å². The van der Waals surface area contributed by atoms with Gasteiger partial charge in [0.2, 0.25) is 0 Å². The molecule has 2 heterocycles. The van der Waals surface area contributed by atoms with Crippen LogP contribution in [0.5, 0.6) is 0 Å². The van der Waals surface area contributed by atoms with E-state index >= 15 is 0 Å². The van der Waals surface area contributed by atoms with Gasteiger partial charge in [0, 0.05) is 30.0 Å². The van der Waals surface area contributed by atoms with Crippen molar-refractivity contribution < 1.29 is 4.42 Å². The molecule has 1 N–H and O–H groups in total. The predicted octanol–water partition coefficient (Wildman–Crippen LogP) is 3.63. The Morgan fingerprint density at radius 2 is 1.95 bits per heavy atom. The smallest absolute Gasteiger partial charge is 0.134 e. The summed E-state index contributed by atoms with van der Waals surface area (Å²) in [5.74, 6) is 0.932. The van der Waals surface area contributed by atoms with Crippen molar-refractivity contribution >= 4 is 11.0 Å². The number of nitrogens with zero attached hydrogens (tertiary/aromatic N) is 2. The third-order valence-corrected chi connectivity index (χ3v) is 3.40. The standard InChI is InChI=1S/C16H17N3O/c1-11(14-10-17-7-8-18-14)19-12(2)16-9-13-5-3-4-6-15(13)20-16/h3-12,19H,1-2H3. The zero-order valence-corrected chi connectivity index (χ0v) is 11.6. The van der Waals surface area contributed by atoms with E-state index in [0.29, 0.717) is 0 Å². The molecule has 1 aromatic carbocycles. The Kier molecular flexibility index (Phi) is 3.48. The van der Waals surface area contributed by atoms with E-state index < -0.39 is 0 Å². The summed E-state index contributed by atoms with van der Waals surface area (Å²) in [5, 5.41) is 4.61. The summed E-state index contributed by atoms with van der Waals surface area (Å²) in [6.07, 6.45) is 5.17. The van der Waals surface area contributed by atoms with E-state index in [1.165, 1.54) is 0 Å². The summed E-state index contributed by atoms with van der Waals surface area (Å²) >= 11 is 0. The van der Waals surface area contributed by atoms with Crippen molar-refractivity contribution in [3.63, 3.8) is 0 Å². The average Bonchev–Trinajstić information content (AvgIpc) is 2.92. The second-order valence-electron chi connectivity index (χ2n) is 4.93. The van der Waals surface area contributed by atoms with Gasteiger partial charge in [-0.3, -0.25) is 15.3 Å². The maximum absolute atomic E-state index is 5.87. The normalized spacial score (nSPS) is 14.3. The van der Waals surface area contributed by atoms with Crippen LogP contribution in [0.25, 0.3) is 11.0 Å². The minimum Gasteiger partial charge on any atom is -0.459 e. The lowest BCUT2D eigenvalue weighted by atomic mass is 10.1. The number of nitrogens with one attached hydrogen (secondary N) is 1. The van der Waals surface area contributed by atoms with Gasteiger partial charge in [-0.05, 0) is 26.0 Å². The highest BCUT2D eigenvalue weighted by Crippen LogP contribution is 2.25. The van der Waals surface area contributed by atoms with Gasteiger partial charge in [0.05, 0.1) is 11.7 Å². The highest BCUT2D eigenvalue weighted by atomic mass is 16.3. The quantitative estimate of drug-likeness (QED) is 0.784. The van der Waals surface area contributed by atoms with Gasteiger partial charge in [-0.25, -0.2) is 0 Å². The maximum atomic E-state index is 5.87. The third-order valence-electron chi connectivity index (χ3n) is 3.40. The number of rotatable bonds is 4. The molecule has 0 saturated heterocycles. The highest BCUT2D eigenvalue weighted by Gasteiger charge is 2.15. The molecule has 20 heavy (non-hydrogen) atoms. The van der Waals surface area contributed by atoms with E-state index in [1.807, 2.05) is 18.2 Å². The van der Waals surface area contributed by atoms with E-state index in [1.54, 1.807) is 18.6 Å². The van der Waals surface area contributed by atoms with E-state index in [2.05, 4.69) is 41.3 Å². The highest BCUT2D eigenvalue weighted by molar-refractivity contribution is 5.77. The molecule has 0 saturated carbocycles. The Morgan fingerprint density at radius 1 is 1.10 bits per heavy atom. The molecule has 4 heteroatoms. The number of hydrogen-bond acceptors (Lipinski definition) is 4. The Balaban J connectivity index is 1.77. The van der Waals surface area contributed by atoms with Gasteiger partial charge in [0.25, 0.3) is 0 Å². The van der Waals surface area contributed by atoms with E-state index in [0.717, 1.165) is 22.4 Å². The maximum Gasteiger partial charge on any atom is 0.134 e. The monoisotopic (exact) mass is 267 g/mol. The number of para-hydroxylation sites is 1. The van der Waals surface area contributed by atoms with Gasteiger partial charge < -0.3 is 4.42 Å². The first kappa shape index (κ1) is 12.8. The van der Waals surface area contributed by atoms with Gasteiger partial charge in [0.1, 0.15) is 11.3 Å². The molecular weight excluding hydrogens is 250 g/mol. The van der Waals surface area contributed by atoms with Crippen molar-refractivity contribution in [2.24, 2.45) is 0 Å². The van der Waals surface area contributed by atoms with Gasteiger partial charge in [-0.15, -0.1) is 0 Å². The minimum atomic E-state index is 0.111. The van der Waals surface area contributed by atoms with Crippen LogP contribution in [0.15, 0.2) is 53.3 Å². The third kappa shape index (κ3) is 2.56. The molecule has 0 spiro atoms. The van der Waals surface area contributed by atoms with Crippen LogP contribution >= 0.6 is 0 Å². The van der Waals surface area contributed by atoms with Crippen LogP contribution in [0.3, 0.4) is 0 Å². The van der Waals surface area contributed by atoms with Crippen molar-refractivity contribution in [3.8, 4) is 0 Å². The molecule has 0 aliphatic heterocycles. The molecule has 4 nitrogen and oxygen atoms in total. The Morgan fingerprint density at radius 3 is 2.70 bits per heavy atom. The van der Waals surface area contributed by atoms with Crippen LogP contribution in [-0.4, -0.2) is 9.97 Å². The molecule has 3 rings (SSSR count). The summed E-state index contributed by atoms with van der Waals surface area (Å²) in [6.45, 7) is 4.16. The summed E-state index contributed by atoms with van der Waals surface area (Å²) in [6, 6.07) is 10.3. The average molecular weight is 267 g/mol.